The zero-order chi connectivity index (χ0) is 6.69. The van der Waals surface area contributed by atoms with Crippen LogP contribution in [0.3, 0.4) is 0 Å². The molecule has 9 heavy (non-hydrogen) atoms. The Kier molecular flexibility index (Phi) is 2.05. The Bertz CT molecular complexity index is 122. The van der Waals surface area contributed by atoms with Crippen LogP contribution >= 0.6 is 0 Å². The van der Waals surface area contributed by atoms with Crippen LogP contribution in [0.2, 0.25) is 0 Å². The van der Waals surface area contributed by atoms with E-state index in [-0.39, 0.29) is 6.23 Å². The third-order valence-electron chi connectivity index (χ3n) is 1.40. The van der Waals surface area contributed by atoms with Gasteiger partial charge in [-0.1, -0.05) is 0 Å². The standard InChI is InChI=1S/C6H11NO2/c1-8-5-3-4-6(7-5)9-2/h5H,3-4H2,1-2H3. The van der Waals surface area contributed by atoms with E-state index in [9.17, 15) is 0 Å². The largest absolute Gasteiger partial charge is 0.484 e. The number of methoxy groups -OCH3 is 2. The number of ether oxygens (including phenoxy) is 2. The minimum absolute atomic E-state index is 0.0416. The molecule has 1 aliphatic heterocycles. The Morgan fingerprint density at radius 3 is 2.67 bits per heavy atom. The van der Waals surface area contributed by atoms with Gasteiger partial charge < -0.3 is 9.47 Å². The summed E-state index contributed by atoms with van der Waals surface area (Å²) in [5.74, 6) is 0.807. The van der Waals surface area contributed by atoms with E-state index in [4.69, 9.17) is 9.47 Å². The molecule has 0 aliphatic carbocycles. The van der Waals surface area contributed by atoms with Crippen LogP contribution in [0, 0.1) is 0 Å². The van der Waals surface area contributed by atoms with Gasteiger partial charge in [0.1, 0.15) is 0 Å². The van der Waals surface area contributed by atoms with Gasteiger partial charge in [0.05, 0.1) is 7.11 Å². The summed E-state index contributed by atoms with van der Waals surface area (Å²) >= 11 is 0. The van der Waals surface area contributed by atoms with Crippen LogP contribution in [0.1, 0.15) is 12.8 Å². The second kappa shape index (κ2) is 2.82. The first kappa shape index (κ1) is 6.55. The van der Waals surface area contributed by atoms with E-state index in [1.807, 2.05) is 0 Å². The second-order valence-electron chi connectivity index (χ2n) is 1.96. The first-order valence-electron chi connectivity index (χ1n) is 3.00. The van der Waals surface area contributed by atoms with Crippen molar-refractivity contribution >= 4 is 5.90 Å². The quantitative estimate of drug-likeness (QED) is 0.524. The lowest BCUT2D eigenvalue weighted by Gasteiger charge is -1.99. The lowest BCUT2D eigenvalue weighted by Crippen LogP contribution is -2.00. The lowest BCUT2D eigenvalue weighted by atomic mass is 10.3. The van der Waals surface area contributed by atoms with Crippen molar-refractivity contribution in [3.63, 3.8) is 0 Å². The molecule has 1 unspecified atom stereocenters. The van der Waals surface area contributed by atoms with Crippen LogP contribution in [-0.4, -0.2) is 26.3 Å². The van der Waals surface area contributed by atoms with Crippen molar-refractivity contribution in [3.05, 3.63) is 0 Å². The maximum atomic E-state index is 4.98. The summed E-state index contributed by atoms with van der Waals surface area (Å²) in [6.07, 6.45) is 1.91. The molecule has 1 heterocycles. The zero-order valence-electron chi connectivity index (χ0n) is 5.76. The van der Waals surface area contributed by atoms with Crippen molar-refractivity contribution in [3.8, 4) is 0 Å². The molecule has 0 aromatic heterocycles. The molecule has 1 aliphatic rings. The van der Waals surface area contributed by atoms with Crippen molar-refractivity contribution in [1.82, 2.24) is 0 Å². The topological polar surface area (TPSA) is 30.8 Å². The minimum Gasteiger partial charge on any atom is -0.484 e. The first-order valence-corrected chi connectivity index (χ1v) is 3.00. The predicted octanol–water partition coefficient (Wildman–Crippen LogP) is 0.798. The van der Waals surface area contributed by atoms with E-state index in [0.717, 1.165) is 18.7 Å². The number of hydrogen-bond donors (Lipinski definition) is 0. The van der Waals surface area contributed by atoms with Gasteiger partial charge in [-0.3, -0.25) is 0 Å². The average molecular weight is 129 g/mol. The highest BCUT2D eigenvalue weighted by atomic mass is 16.5. The number of nitrogens with zero attached hydrogens (tertiary/aromatic N) is 1. The van der Waals surface area contributed by atoms with E-state index in [0.29, 0.717) is 0 Å². The van der Waals surface area contributed by atoms with Gasteiger partial charge >= 0.3 is 0 Å². The van der Waals surface area contributed by atoms with Crippen LogP contribution in [0.15, 0.2) is 4.99 Å². The molecule has 1 atom stereocenters. The third kappa shape index (κ3) is 1.42. The van der Waals surface area contributed by atoms with Crippen molar-refractivity contribution in [1.29, 1.82) is 0 Å². The molecular formula is C6H11NO2. The molecule has 0 fully saturated rings. The minimum atomic E-state index is 0.0416. The van der Waals surface area contributed by atoms with Crippen LogP contribution in [-0.2, 0) is 9.47 Å². The fraction of sp³-hybridized carbons (Fsp3) is 0.833. The Morgan fingerprint density at radius 1 is 1.56 bits per heavy atom. The molecule has 1 rings (SSSR count). The van der Waals surface area contributed by atoms with E-state index in [1.165, 1.54) is 0 Å². The molecule has 0 amide bonds. The fourth-order valence-corrected chi connectivity index (χ4v) is 0.862. The second-order valence-corrected chi connectivity index (χ2v) is 1.96. The molecule has 0 radical (unpaired) electrons. The summed E-state index contributed by atoms with van der Waals surface area (Å²) in [6, 6.07) is 0. The van der Waals surface area contributed by atoms with Gasteiger partial charge in [-0.2, -0.15) is 0 Å². The van der Waals surface area contributed by atoms with Crippen LogP contribution in [0.4, 0.5) is 0 Å². The summed E-state index contributed by atoms with van der Waals surface area (Å²) < 4.78 is 9.89. The molecule has 52 valence electrons. The van der Waals surface area contributed by atoms with Gasteiger partial charge in [0.2, 0.25) is 0 Å². The van der Waals surface area contributed by atoms with Gasteiger partial charge in [-0.15, -0.1) is 0 Å². The van der Waals surface area contributed by atoms with Gasteiger partial charge in [0, 0.05) is 20.0 Å². The van der Waals surface area contributed by atoms with Gasteiger partial charge in [0.25, 0.3) is 0 Å². The number of hydrogen-bond acceptors (Lipinski definition) is 3. The third-order valence-corrected chi connectivity index (χ3v) is 1.40. The summed E-state index contributed by atoms with van der Waals surface area (Å²) in [6.45, 7) is 0. The molecule has 0 saturated heterocycles. The highest BCUT2D eigenvalue weighted by Gasteiger charge is 2.15. The van der Waals surface area contributed by atoms with E-state index in [1.54, 1.807) is 14.2 Å². The maximum absolute atomic E-state index is 4.98. The first-order chi connectivity index (χ1) is 4.36. The fourth-order valence-electron chi connectivity index (χ4n) is 0.862. The molecule has 3 nitrogen and oxygen atoms in total. The van der Waals surface area contributed by atoms with Crippen LogP contribution < -0.4 is 0 Å². The van der Waals surface area contributed by atoms with Crippen LogP contribution in [0.25, 0.3) is 0 Å². The normalized spacial score (nSPS) is 26.0. The van der Waals surface area contributed by atoms with Gasteiger partial charge in [-0.05, 0) is 0 Å². The lowest BCUT2D eigenvalue weighted by molar-refractivity contribution is 0.112. The SMILES string of the molecule is COC1=NC(OC)CC1. The van der Waals surface area contributed by atoms with Gasteiger partial charge in [-0.25, -0.2) is 4.99 Å². The Balaban J connectivity index is 2.40. The Morgan fingerprint density at radius 2 is 2.33 bits per heavy atom. The summed E-state index contributed by atoms with van der Waals surface area (Å²) in [4.78, 5) is 4.10. The van der Waals surface area contributed by atoms with E-state index >= 15 is 0 Å². The molecule has 3 heteroatoms. The molecule has 0 bridgehead atoms. The average Bonchev–Trinajstić information content (AvgIpc) is 2.34. The van der Waals surface area contributed by atoms with Crippen molar-refractivity contribution in [2.24, 2.45) is 4.99 Å². The molecule has 0 saturated carbocycles. The zero-order valence-corrected chi connectivity index (χ0v) is 5.76. The summed E-state index contributed by atoms with van der Waals surface area (Å²) in [5.41, 5.74) is 0. The van der Waals surface area contributed by atoms with E-state index < -0.39 is 0 Å². The Hall–Kier alpha value is -0.570. The van der Waals surface area contributed by atoms with Crippen LogP contribution in [0.5, 0.6) is 0 Å². The predicted molar refractivity (Wildman–Crippen MR) is 34.5 cm³/mol. The van der Waals surface area contributed by atoms with Gasteiger partial charge in [0.15, 0.2) is 12.1 Å². The van der Waals surface area contributed by atoms with Crippen molar-refractivity contribution in [2.75, 3.05) is 14.2 Å². The molecule has 0 aromatic rings. The maximum Gasteiger partial charge on any atom is 0.185 e. The van der Waals surface area contributed by atoms with E-state index in [2.05, 4.69) is 4.99 Å². The molecule has 0 spiro atoms. The summed E-state index contributed by atoms with van der Waals surface area (Å²) in [7, 11) is 3.30. The highest BCUT2D eigenvalue weighted by molar-refractivity contribution is 5.77. The summed E-state index contributed by atoms with van der Waals surface area (Å²) in [5, 5.41) is 0. The smallest absolute Gasteiger partial charge is 0.185 e. The molecular weight excluding hydrogens is 118 g/mol. The van der Waals surface area contributed by atoms with Crippen molar-refractivity contribution < 1.29 is 9.47 Å². The number of rotatable bonds is 1. The monoisotopic (exact) mass is 129 g/mol. The highest BCUT2D eigenvalue weighted by Crippen LogP contribution is 2.13. The number of aliphatic imine (C=N–C) groups is 1. The van der Waals surface area contributed by atoms with Crippen molar-refractivity contribution in [2.45, 2.75) is 19.1 Å². The Labute approximate surface area is 54.7 Å². The molecule has 0 aromatic carbocycles. The molecule has 0 N–H and O–H groups in total.